The molecular formula is C12H15NO2. The summed E-state index contributed by atoms with van der Waals surface area (Å²) in [6.07, 6.45) is 1.51. The number of carbonyl (C=O) groups excluding carboxylic acids is 1. The number of fused-ring (bicyclic) bond motifs is 1. The second kappa shape index (κ2) is 4.34. The Morgan fingerprint density at radius 1 is 1.53 bits per heavy atom. The van der Waals surface area contributed by atoms with Crippen molar-refractivity contribution >= 4 is 5.91 Å². The van der Waals surface area contributed by atoms with Gasteiger partial charge in [-0.15, -0.1) is 0 Å². The summed E-state index contributed by atoms with van der Waals surface area (Å²) in [5.74, 6) is 1.03. The van der Waals surface area contributed by atoms with Gasteiger partial charge in [-0.3, -0.25) is 4.79 Å². The summed E-state index contributed by atoms with van der Waals surface area (Å²) in [5, 5.41) is 2.85. The zero-order chi connectivity index (χ0) is 10.7. The highest BCUT2D eigenvalue weighted by Crippen LogP contribution is 2.27. The van der Waals surface area contributed by atoms with E-state index >= 15 is 0 Å². The molecule has 0 radical (unpaired) electrons. The second-order valence-corrected chi connectivity index (χ2v) is 3.71. The Hall–Kier alpha value is -1.51. The van der Waals surface area contributed by atoms with Crippen molar-refractivity contribution in [1.29, 1.82) is 0 Å². The standard InChI is InChI=1S/C12H15NO2/c1-2-12(14)13-8-10-7-9-5-3-4-6-11(9)15-10/h3-6,10H,2,7-8H2,1H3,(H,13,14). The molecule has 0 bridgehead atoms. The summed E-state index contributed by atoms with van der Waals surface area (Å²) in [6, 6.07) is 8.01. The average molecular weight is 205 g/mol. The number of carbonyl (C=O) groups is 1. The third kappa shape index (κ3) is 2.29. The Kier molecular flexibility index (Phi) is 2.90. The molecule has 0 aromatic heterocycles. The van der Waals surface area contributed by atoms with Gasteiger partial charge in [0.1, 0.15) is 11.9 Å². The molecule has 1 aliphatic rings. The molecule has 1 aliphatic heterocycles. The Morgan fingerprint density at radius 2 is 2.33 bits per heavy atom. The molecule has 80 valence electrons. The Balaban J connectivity index is 1.88. The summed E-state index contributed by atoms with van der Waals surface area (Å²) >= 11 is 0. The molecule has 0 aliphatic carbocycles. The molecule has 3 nitrogen and oxygen atoms in total. The fourth-order valence-corrected chi connectivity index (χ4v) is 1.72. The van der Waals surface area contributed by atoms with Crippen LogP contribution in [0.2, 0.25) is 0 Å². The molecule has 0 saturated heterocycles. The van der Waals surface area contributed by atoms with Gasteiger partial charge in [0.25, 0.3) is 0 Å². The van der Waals surface area contributed by atoms with Gasteiger partial charge < -0.3 is 10.1 Å². The molecule has 0 saturated carbocycles. The highest BCUT2D eigenvalue weighted by Gasteiger charge is 2.22. The van der Waals surface area contributed by atoms with E-state index in [4.69, 9.17) is 4.74 Å². The summed E-state index contributed by atoms with van der Waals surface area (Å²) < 4.78 is 5.69. The Bertz CT molecular complexity index is 337. The first kappa shape index (κ1) is 10.0. The van der Waals surface area contributed by atoms with Crippen LogP contribution >= 0.6 is 0 Å². The lowest BCUT2D eigenvalue weighted by molar-refractivity contribution is -0.121. The van der Waals surface area contributed by atoms with Crippen molar-refractivity contribution in [1.82, 2.24) is 5.32 Å². The molecule has 1 heterocycles. The second-order valence-electron chi connectivity index (χ2n) is 3.71. The number of nitrogens with one attached hydrogen (secondary N) is 1. The van der Waals surface area contributed by atoms with E-state index in [1.807, 2.05) is 25.1 Å². The third-order valence-electron chi connectivity index (χ3n) is 2.56. The normalized spacial score (nSPS) is 18.1. The maximum atomic E-state index is 11.1. The molecule has 3 heteroatoms. The summed E-state index contributed by atoms with van der Waals surface area (Å²) in [7, 11) is 0. The van der Waals surface area contributed by atoms with Gasteiger partial charge in [-0.2, -0.15) is 0 Å². The van der Waals surface area contributed by atoms with E-state index in [0.717, 1.165) is 12.2 Å². The number of ether oxygens (including phenoxy) is 1. The minimum Gasteiger partial charge on any atom is -0.488 e. The smallest absolute Gasteiger partial charge is 0.219 e. The molecule has 1 aromatic rings. The lowest BCUT2D eigenvalue weighted by Crippen LogP contribution is -2.33. The molecule has 0 spiro atoms. The topological polar surface area (TPSA) is 38.3 Å². The van der Waals surface area contributed by atoms with Gasteiger partial charge in [0.05, 0.1) is 6.54 Å². The Labute approximate surface area is 89.4 Å². The highest BCUT2D eigenvalue weighted by molar-refractivity contribution is 5.75. The first-order valence-corrected chi connectivity index (χ1v) is 5.31. The van der Waals surface area contributed by atoms with Gasteiger partial charge in [0, 0.05) is 12.8 Å². The van der Waals surface area contributed by atoms with Crippen LogP contribution in [0.3, 0.4) is 0 Å². The summed E-state index contributed by atoms with van der Waals surface area (Å²) in [4.78, 5) is 11.1. The maximum absolute atomic E-state index is 11.1. The van der Waals surface area contributed by atoms with E-state index < -0.39 is 0 Å². The molecule has 1 atom stereocenters. The molecule has 1 amide bonds. The van der Waals surface area contributed by atoms with Crippen LogP contribution in [0.5, 0.6) is 5.75 Å². The van der Waals surface area contributed by atoms with E-state index in [2.05, 4.69) is 11.4 Å². The van der Waals surface area contributed by atoms with E-state index in [-0.39, 0.29) is 12.0 Å². The highest BCUT2D eigenvalue weighted by atomic mass is 16.5. The quantitative estimate of drug-likeness (QED) is 0.812. The van der Waals surface area contributed by atoms with Crippen LogP contribution in [0.1, 0.15) is 18.9 Å². The summed E-state index contributed by atoms with van der Waals surface area (Å²) in [5.41, 5.74) is 1.23. The number of hydrogen-bond acceptors (Lipinski definition) is 2. The number of para-hydroxylation sites is 1. The van der Waals surface area contributed by atoms with Gasteiger partial charge in [-0.1, -0.05) is 25.1 Å². The van der Waals surface area contributed by atoms with Crippen molar-refractivity contribution in [2.75, 3.05) is 6.54 Å². The van der Waals surface area contributed by atoms with Crippen LogP contribution in [0, 0.1) is 0 Å². The van der Waals surface area contributed by atoms with Crippen LogP contribution in [0.25, 0.3) is 0 Å². The van der Waals surface area contributed by atoms with Crippen LogP contribution in [0.15, 0.2) is 24.3 Å². The van der Waals surface area contributed by atoms with Crippen molar-refractivity contribution < 1.29 is 9.53 Å². The van der Waals surface area contributed by atoms with Crippen LogP contribution in [-0.4, -0.2) is 18.6 Å². The largest absolute Gasteiger partial charge is 0.488 e. The minimum absolute atomic E-state index is 0.0783. The van der Waals surface area contributed by atoms with Gasteiger partial charge in [0.2, 0.25) is 5.91 Å². The molecule has 2 rings (SSSR count). The fraction of sp³-hybridized carbons (Fsp3) is 0.417. The monoisotopic (exact) mass is 205 g/mol. The van der Waals surface area contributed by atoms with Crippen LogP contribution < -0.4 is 10.1 Å². The number of rotatable bonds is 3. The van der Waals surface area contributed by atoms with Crippen molar-refractivity contribution in [2.24, 2.45) is 0 Å². The van der Waals surface area contributed by atoms with Gasteiger partial charge in [-0.05, 0) is 11.6 Å². The average Bonchev–Trinajstić information content (AvgIpc) is 2.68. The maximum Gasteiger partial charge on any atom is 0.219 e. The predicted molar refractivity (Wildman–Crippen MR) is 57.9 cm³/mol. The van der Waals surface area contributed by atoms with Crippen molar-refractivity contribution in [3.63, 3.8) is 0 Å². The van der Waals surface area contributed by atoms with E-state index in [0.29, 0.717) is 13.0 Å². The molecule has 1 aromatic carbocycles. The lowest BCUT2D eigenvalue weighted by atomic mass is 10.1. The molecule has 15 heavy (non-hydrogen) atoms. The molecule has 1 unspecified atom stereocenters. The van der Waals surface area contributed by atoms with Crippen LogP contribution in [-0.2, 0) is 11.2 Å². The predicted octanol–water partition coefficient (Wildman–Crippen LogP) is 1.52. The van der Waals surface area contributed by atoms with Crippen molar-refractivity contribution in [3.05, 3.63) is 29.8 Å². The minimum atomic E-state index is 0.0783. The zero-order valence-corrected chi connectivity index (χ0v) is 8.82. The SMILES string of the molecule is CCC(=O)NCC1Cc2ccccc2O1. The summed E-state index contributed by atoms with van der Waals surface area (Å²) in [6.45, 7) is 2.45. The van der Waals surface area contributed by atoms with E-state index in [9.17, 15) is 4.79 Å². The molecule has 1 N–H and O–H groups in total. The number of benzene rings is 1. The van der Waals surface area contributed by atoms with Crippen LogP contribution in [0.4, 0.5) is 0 Å². The first-order chi connectivity index (χ1) is 7.29. The fourth-order valence-electron chi connectivity index (χ4n) is 1.72. The van der Waals surface area contributed by atoms with Gasteiger partial charge in [0.15, 0.2) is 0 Å². The Morgan fingerprint density at radius 3 is 3.07 bits per heavy atom. The van der Waals surface area contributed by atoms with E-state index in [1.54, 1.807) is 0 Å². The first-order valence-electron chi connectivity index (χ1n) is 5.31. The van der Waals surface area contributed by atoms with Crippen molar-refractivity contribution in [3.8, 4) is 5.75 Å². The zero-order valence-electron chi connectivity index (χ0n) is 8.82. The lowest BCUT2D eigenvalue weighted by Gasteiger charge is -2.11. The van der Waals surface area contributed by atoms with Gasteiger partial charge in [-0.25, -0.2) is 0 Å². The molecule has 0 fully saturated rings. The number of hydrogen-bond donors (Lipinski definition) is 1. The van der Waals surface area contributed by atoms with E-state index in [1.165, 1.54) is 5.56 Å². The number of amides is 1. The molecular weight excluding hydrogens is 190 g/mol. The van der Waals surface area contributed by atoms with Gasteiger partial charge >= 0.3 is 0 Å². The third-order valence-corrected chi connectivity index (χ3v) is 2.56. The van der Waals surface area contributed by atoms with Crippen molar-refractivity contribution in [2.45, 2.75) is 25.9 Å².